The van der Waals surface area contributed by atoms with Crippen LogP contribution < -0.4 is 5.32 Å². The van der Waals surface area contributed by atoms with Crippen molar-refractivity contribution < 1.29 is 4.79 Å². The lowest BCUT2D eigenvalue weighted by Gasteiger charge is -2.06. The molecule has 0 saturated carbocycles. The lowest BCUT2D eigenvalue weighted by atomic mass is 10.1. The van der Waals surface area contributed by atoms with Gasteiger partial charge >= 0.3 is 0 Å². The van der Waals surface area contributed by atoms with Gasteiger partial charge in [0.1, 0.15) is 0 Å². The van der Waals surface area contributed by atoms with E-state index in [0.717, 1.165) is 16.6 Å². The maximum atomic E-state index is 12.0. The minimum Gasteiger partial charge on any atom is -0.322 e. The van der Waals surface area contributed by atoms with E-state index < -0.39 is 0 Å². The molecule has 0 atom stereocenters. The molecule has 0 aliphatic heterocycles. The minimum atomic E-state index is -0.156. The number of nitrogens with zero attached hydrogens (tertiary/aromatic N) is 1. The van der Waals surface area contributed by atoms with Crippen molar-refractivity contribution in [3.05, 3.63) is 58.3 Å². The van der Waals surface area contributed by atoms with Crippen LogP contribution in [0.15, 0.2) is 47.2 Å². The predicted molar refractivity (Wildman–Crippen MR) is 75.7 cm³/mol. The van der Waals surface area contributed by atoms with Crippen LogP contribution in [-0.4, -0.2) is 10.9 Å². The molecule has 0 saturated heterocycles. The van der Waals surface area contributed by atoms with Crippen LogP contribution in [0.5, 0.6) is 0 Å². The summed E-state index contributed by atoms with van der Waals surface area (Å²) in [7, 11) is 0. The Morgan fingerprint density at radius 3 is 2.89 bits per heavy atom. The first-order valence-corrected chi connectivity index (χ1v) is 6.49. The number of rotatable bonds is 3. The van der Waals surface area contributed by atoms with Crippen molar-refractivity contribution in [2.24, 2.45) is 0 Å². The summed E-state index contributed by atoms with van der Waals surface area (Å²) in [6.07, 6.45) is 4.14. The quantitative estimate of drug-likeness (QED) is 0.940. The van der Waals surface area contributed by atoms with E-state index in [-0.39, 0.29) is 5.91 Å². The van der Waals surface area contributed by atoms with E-state index in [1.165, 1.54) is 5.56 Å². The molecule has 0 spiro atoms. The molecule has 1 heterocycles. The predicted octanol–water partition coefficient (Wildman–Crippen LogP) is 3.66. The van der Waals surface area contributed by atoms with Crippen molar-refractivity contribution in [1.29, 1.82) is 0 Å². The van der Waals surface area contributed by atoms with Gasteiger partial charge in [0, 0.05) is 22.6 Å². The van der Waals surface area contributed by atoms with Gasteiger partial charge in [-0.05, 0) is 46.1 Å². The largest absolute Gasteiger partial charge is 0.322 e. The zero-order valence-electron chi connectivity index (χ0n) is 9.98. The Bertz CT molecular complexity index is 569. The first-order chi connectivity index (χ1) is 8.69. The number of aryl methyl sites for hydroxylation is 1. The van der Waals surface area contributed by atoms with Crippen molar-refractivity contribution in [3.63, 3.8) is 0 Å². The average molecular weight is 305 g/mol. The summed E-state index contributed by atoms with van der Waals surface area (Å²) in [4.78, 5) is 16.0. The fourth-order valence-corrected chi connectivity index (χ4v) is 1.97. The highest BCUT2D eigenvalue weighted by Gasteiger charge is 2.07. The van der Waals surface area contributed by atoms with Gasteiger partial charge in [0.15, 0.2) is 0 Å². The van der Waals surface area contributed by atoms with Crippen LogP contribution >= 0.6 is 15.9 Å². The Morgan fingerprint density at radius 1 is 1.33 bits per heavy atom. The third kappa shape index (κ3) is 3.17. The second-order valence-electron chi connectivity index (χ2n) is 3.90. The third-order valence-electron chi connectivity index (χ3n) is 2.56. The van der Waals surface area contributed by atoms with E-state index in [1.807, 2.05) is 24.3 Å². The van der Waals surface area contributed by atoms with Crippen LogP contribution in [0.4, 0.5) is 5.69 Å². The molecular formula is C14H13BrN2O. The number of aromatic nitrogens is 1. The molecule has 2 rings (SSSR count). The van der Waals surface area contributed by atoms with Crippen LogP contribution in [0.2, 0.25) is 0 Å². The van der Waals surface area contributed by atoms with E-state index in [9.17, 15) is 4.79 Å². The van der Waals surface area contributed by atoms with Crippen molar-refractivity contribution in [3.8, 4) is 0 Å². The normalized spacial score (nSPS) is 10.1. The number of hydrogen-bond donors (Lipinski definition) is 1. The van der Waals surface area contributed by atoms with Gasteiger partial charge in [-0.25, -0.2) is 0 Å². The molecule has 0 bridgehead atoms. The number of carbonyl (C=O) groups is 1. The SMILES string of the molecule is CCc1cccc(NC(=O)c2cncc(Br)c2)c1. The third-order valence-corrected chi connectivity index (χ3v) is 2.99. The van der Waals surface area contributed by atoms with Gasteiger partial charge in [-0.15, -0.1) is 0 Å². The highest BCUT2D eigenvalue weighted by molar-refractivity contribution is 9.10. The molecule has 0 fully saturated rings. The molecule has 1 N–H and O–H groups in total. The number of carbonyl (C=O) groups excluding carboxylic acids is 1. The number of hydrogen-bond acceptors (Lipinski definition) is 2. The average Bonchev–Trinajstić information content (AvgIpc) is 2.39. The lowest BCUT2D eigenvalue weighted by Crippen LogP contribution is -2.12. The molecule has 0 aliphatic carbocycles. The molecule has 3 nitrogen and oxygen atoms in total. The van der Waals surface area contributed by atoms with Crippen molar-refractivity contribution in [2.75, 3.05) is 5.32 Å². The van der Waals surface area contributed by atoms with Crippen LogP contribution in [-0.2, 0) is 6.42 Å². The number of nitrogens with one attached hydrogen (secondary N) is 1. The molecular weight excluding hydrogens is 292 g/mol. The molecule has 18 heavy (non-hydrogen) atoms. The highest BCUT2D eigenvalue weighted by atomic mass is 79.9. The first-order valence-electron chi connectivity index (χ1n) is 5.70. The standard InChI is InChI=1S/C14H13BrN2O/c1-2-10-4-3-5-13(6-10)17-14(18)11-7-12(15)9-16-8-11/h3-9H,2H2,1H3,(H,17,18). The highest BCUT2D eigenvalue weighted by Crippen LogP contribution is 2.14. The van der Waals surface area contributed by atoms with Crippen molar-refractivity contribution >= 4 is 27.5 Å². The first kappa shape index (κ1) is 12.8. The summed E-state index contributed by atoms with van der Waals surface area (Å²) in [6, 6.07) is 9.57. The van der Waals surface area contributed by atoms with Gasteiger partial charge in [0.25, 0.3) is 5.91 Å². The van der Waals surface area contributed by atoms with Crippen LogP contribution in [0, 0.1) is 0 Å². The smallest absolute Gasteiger partial charge is 0.257 e. The monoisotopic (exact) mass is 304 g/mol. The number of pyridine rings is 1. The lowest BCUT2D eigenvalue weighted by molar-refractivity contribution is 0.102. The summed E-state index contributed by atoms with van der Waals surface area (Å²) in [5, 5.41) is 2.86. The maximum Gasteiger partial charge on any atom is 0.257 e. The molecule has 0 unspecified atom stereocenters. The summed E-state index contributed by atoms with van der Waals surface area (Å²) in [5.41, 5.74) is 2.53. The van der Waals surface area contributed by atoms with Gasteiger partial charge in [0.2, 0.25) is 0 Å². The van der Waals surface area contributed by atoms with Crippen molar-refractivity contribution in [2.45, 2.75) is 13.3 Å². The van der Waals surface area contributed by atoms with Crippen LogP contribution in [0.1, 0.15) is 22.8 Å². The zero-order chi connectivity index (χ0) is 13.0. The van der Waals surface area contributed by atoms with E-state index in [1.54, 1.807) is 18.5 Å². The second-order valence-corrected chi connectivity index (χ2v) is 4.82. The molecule has 1 amide bonds. The van der Waals surface area contributed by atoms with Crippen LogP contribution in [0.25, 0.3) is 0 Å². The molecule has 2 aromatic rings. The fraction of sp³-hybridized carbons (Fsp3) is 0.143. The summed E-state index contributed by atoms with van der Waals surface area (Å²) < 4.78 is 0.789. The molecule has 0 radical (unpaired) electrons. The maximum absolute atomic E-state index is 12.0. The number of amides is 1. The van der Waals surface area contributed by atoms with Gasteiger partial charge in [-0.3, -0.25) is 9.78 Å². The van der Waals surface area contributed by atoms with E-state index in [4.69, 9.17) is 0 Å². The minimum absolute atomic E-state index is 0.156. The molecule has 4 heteroatoms. The van der Waals surface area contributed by atoms with E-state index >= 15 is 0 Å². The van der Waals surface area contributed by atoms with E-state index in [2.05, 4.69) is 33.2 Å². The van der Waals surface area contributed by atoms with E-state index in [0.29, 0.717) is 5.56 Å². The van der Waals surface area contributed by atoms with Gasteiger partial charge < -0.3 is 5.32 Å². The Labute approximate surface area is 114 Å². The second kappa shape index (κ2) is 5.78. The molecule has 1 aromatic carbocycles. The Kier molecular flexibility index (Phi) is 4.10. The topological polar surface area (TPSA) is 42.0 Å². The Hall–Kier alpha value is -1.68. The number of benzene rings is 1. The van der Waals surface area contributed by atoms with Gasteiger partial charge in [-0.1, -0.05) is 19.1 Å². The van der Waals surface area contributed by atoms with Crippen molar-refractivity contribution in [1.82, 2.24) is 4.98 Å². The van der Waals surface area contributed by atoms with Crippen LogP contribution in [0.3, 0.4) is 0 Å². The molecule has 0 aliphatic rings. The Morgan fingerprint density at radius 2 is 2.17 bits per heavy atom. The zero-order valence-corrected chi connectivity index (χ0v) is 11.6. The Balaban J connectivity index is 2.16. The summed E-state index contributed by atoms with van der Waals surface area (Å²) in [6.45, 7) is 2.08. The van der Waals surface area contributed by atoms with Gasteiger partial charge in [-0.2, -0.15) is 0 Å². The number of halogens is 1. The fourth-order valence-electron chi connectivity index (χ4n) is 1.61. The van der Waals surface area contributed by atoms with Gasteiger partial charge in [0.05, 0.1) is 5.56 Å². The molecule has 92 valence electrons. The summed E-state index contributed by atoms with van der Waals surface area (Å²) in [5.74, 6) is -0.156. The summed E-state index contributed by atoms with van der Waals surface area (Å²) >= 11 is 3.30. The number of anilines is 1. The molecule has 1 aromatic heterocycles.